The lowest BCUT2D eigenvalue weighted by molar-refractivity contribution is 0.124. The van der Waals surface area contributed by atoms with Gasteiger partial charge in [0.2, 0.25) is 0 Å². The average molecular weight is 302 g/mol. The minimum atomic E-state index is -2.58. The second-order valence-electron chi connectivity index (χ2n) is 4.65. The molecule has 0 atom stereocenters. The fourth-order valence-electron chi connectivity index (χ4n) is 2.58. The number of thiophene rings is 1. The van der Waals surface area contributed by atoms with Crippen LogP contribution in [0.2, 0.25) is 0 Å². The average Bonchev–Trinajstić information content (AvgIpc) is 2.72. The number of fused-ring (bicyclic) bond motifs is 3. The monoisotopic (exact) mass is 302 g/mol. The normalized spacial score (nSPS) is 15.1. The molecule has 2 aromatic heterocycles. The molecule has 3 nitrogen and oxygen atoms in total. The maximum Gasteiger partial charge on any atom is 0.263 e. The summed E-state index contributed by atoms with van der Waals surface area (Å²) in [6.45, 7) is -0.644. The van der Waals surface area contributed by atoms with Gasteiger partial charge in [0.15, 0.2) is 4.77 Å². The van der Waals surface area contributed by atoms with E-state index >= 15 is 0 Å². The van der Waals surface area contributed by atoms with Gasteiger partial charge in [-0.2, -0.15) is 0 Å². The molecular formula is C12H12F2N2OS2. The molecule has 0 radical (unpaired) electrons. The molecule has 2 aromatic rings. The van der Waals surface area contributed by atoms with Crippen molar-refractivity contribution in [2.24, 2.45) is 0 Å². The highest BCUT2D eigenvalue weighted by Crippen LogP contribution is 2.33. The van der Waals surface area contributed by atoms with Crippen LogP contribution >= 0.6 is 23.6 Å². The zero-order valence-corrected chi connectivity index (χ0v) is 11.7. The molecule has 0 amide bonds. The Hall–Kier alpha value is -1.08. The summed E-state index contributed by atoms with van der Waals surface area (Å²) in [6, 6.07) is 0. The number of hydrogen-bond acceptors (Lipinski definition) is 3. The number of halogens is 2. The van der Waals surface area contributed by atoms with Crippen molar-refractivity contribution < 1.29 is 8.78 Å². The molecule has 0 fully saturated rings. The fourth-order valence-corrected chi connectivity index (χ4v) is 4.18. The molecule has 0 saturated carbocycles. The van der Waals surface area contributed by atoms with Crippen molar-refractivity contribution in [2.45, 2.75) is 38.7 Å². The van der Waals surface area contributed by atoms with Crippen LogP contribution in [0, 0.1) is 4.77 Å². The molecule has 19 heavy (non-hydrogen) atoms. The van der Waals surface area contributed by atoms with Crippen LogP contribution in [0.3, 0.4) is 0 Å². The standard InChI is InChI=1S/C12H12F2N2OS2/c13-8(14)5-16-11(17)9-6-3-1-2-4-7(6)19-10(9)15-12(16)18/h8H,1-5H2,(H,15,18). The van der Waals surface area contributed by atoms with Gasteiger partial charge >= 0.3 is 0 Å². The third-order valence-corrected chi connectivity index (χ3v) is 4.95. The van der Waals surface area contributed by atoms with Crippen molar-refractivity contribution in [3.8, 4) is 0 Å². The van der Waals surface area contributed by atoms with E-state index in [4.69, 9.17) is 12.2 Å². The van der Waals surface area contributed by atoms with Gasteiger partial charge in [0, 0.05) is 4.88 Å². The number of H-pyrrole nitrogens is 1. The second-order valence-corrected chi connectivity index (χ2v) is 6.14. The van der Waals surface area contributed by atoms with Crippen molar-refractivity contribution in [1.82, 2.24) is 9.55 Å². The van der Waals surface area contributed by atoms with E-state index < -0.39 is 13.0 Å². The minimum Gasteiger partial charge on any atom is -0.323 e. The number of aromatic nitrogens is 2. The summed E-state index contributed by atoms with van der Waals surface area (Å²) in [4.78, 5) is 17.2. The molecular weight excluding hydrogens is 290 g/mol. The SMILES string of the molecule is O=c1c2c3c(sc2[nH]c(=S)n1CC(F)F)CCCC3. The number of nitrogens with one attached hydrogen (secondary N) is 1. The fraction of sp³-hybridized carbons (Fsp3) is 0.500. The topological polar surface area (TPSA) is 37.8 Å². The van der Waals surface area contributed by atoms with Gasteiger partial charge < -0.3 is 4.98 Å². The van der Waals surface area contributed by atoms with E-state index in [9.17, 15) is 13.6 Å². The van der Waals surface area contributed by atoms with Crippen molar-refractivity contribution in [2.75, 3.05) is 0 Å². The van der Waals surface area contributed by atoms with Crippen molar-refractivity contribution in [3.63, 3.8) is 0 Å². The Morgan fingerprint density at radius 1 is 1.37 bits per heavy atom. The quantitative estimate of drug-likeness (QED) is 0.865. The summed E-state index contributed by atoms with van der Waals surface area (Å²) in [7, 11) is 0. The van der Waals surface area contributed by atoms with Gasteiger partial charge in [0.05, 0.1) is 11.9 Å². The van der Waals surface area contributed by atoms with Gasteiger partial charge in [0.1, 0.15) is 4.83 Å². The van der Waals surface area contributed by atoms with Gasteiger partial charge in [-0.25, -0.2) is 8.78 Å². The van der Waals surface area contributed by atoms with Crippen LogP contribution in [-0.4, -0.2) is 16.0 Å². The second kappa shape index (κ2) is 4.79. The molecule has 102 valence electrons. The molecule has 0 aliphatic heterocycles. The molecule has 1 N–H and O–H groups in total. The lowest BCUT2D eigenvalue weighted by Crippen LogP contribution is -2.25. The molecule has 1 aliphatic carbocycles. The van der Waals surface area contributed by atoms with E-state index in [0.29, 0.717) is 5.39 Å². The lowest BCUT2D eigenvalue weighted by atomic mass is 9.97. The molecule has 7 heteroatoms. The van der Waals surface area contributed by atoms with Crippen LogP contribution in [0.4, 0.5) is 8.78 Å². The minimum absolute atomic E-state index is 0.0800. The Morgan fingerprint density at radius 2 is 2.11 bits per heavy atom. The molecule has 0 spiro atoms. The number of nitrogens with zero attached hydrogens (tertiary/aromatic N) is 1. The van der Waals surface area contributed by atoms with E-state index in [0.717, 1.165) is 40.6 Å². The van der Waals surface area contributed by atoms with Gasteiger partial charge in [-0.15, -0.1) is 11.3 Å². The highest BCUT2D eigenvalue weighted by molar-refractivity contribution is 7.71. The Kier molecular flexibility index (Phi) is 3.26. The van der Waals surface area contributed by atoms with Crippen molar-refractivity contribution >= 4 is 33.8 Å². The third kappa shape index (κ3) is 2.14. The maximum absolute atomic E-state index is 12.5. The first-order valence-corrected chi connectivity index (χ1v) is 7.36. The summed E-state index contributed by atoms with van der Waals surface area (Å²) >= 11 is 6.54. The Morgan fingerprint density at radius 3 is 2.84 bits per heavy atom. The van der Waals surface area contributed by atoms with Gasteiger partial charge in [-0.05, 0) is 43.5 Å². The smallest absolute Gasteiger partial charge is 0.263 e. The van der Waals surface area contributed by atoms with Gasteiger partial charge in [0.25, 0.3) is 12.0 Å². The summed E-state index contributed by atoms with van der Waals surface area (Å²) in [5.74, 6) is 0. The largest absolute Gasteiger partial charge is 0.323 e. The van der Waals surface area contributed by atoms with Crippen LogP contribution < -0.4 is 5.56 Å². The third-order valence-electron chi connectivity index (χ3n) is 3.42. The molecule has 0 saturated heterocycles. The predicted molar refractivity (Wildman–Crippen MR) is 73.9 cm³/mol. The van der Waals surface area contributed by atoms with Crippen molar-refractivity contribution in [1.29, 1.82) is 0 Å². The molecule has 0 bridgehead atoms. The lowest BCUT2D eigenvalue weighted by Gasteiger charge is -2.10. The van der Waals surface area contributed by atoms with E-state index in [1.807, 2.05) is 0 Å². The van der Waals surface area contributed by atoms with Crippen LogP contribution in [0.1, 0.15) is 23.3 Å². The highest BCUT2D eigenvalue weighted by Gasteiger charge is 2.20. The molecule has 1 aliphatic rings. The molecule has 3 rings (SSSR count). The maximum atomic E-state index is 12.5. The van der Waals surface area contributed by atoms with E-state index in [2.05, 4.69) is 4.98 Å². The van der Waals surface area contributed by atoms with Crippen molar-refractivity contribution in [3.05, 3.63) is 25.6 Å². The van der Waals surface area contributed by atoms with E-state index in [-0.39, 0.29) is 10.3 Å². The van der Waals surface area contributed by atoms with Crippen LogP contribution in [0.25, 0.3) is 10.2 Å². The van der Waals surface area contributed by atoms with Crippen LogP contribution in [0.5, 0.6) is 0 Å². The number of hydrogen-bond donors (Lipinski definition) is 1. The Labute approximate surface area is 116 Å². The molecule has 2 heterocycles. The number of aryl methyl sites for hydroxylation is 2. The summed E-state index contributed by atoms with van der Waals surface area (Å²) in [5.41, 5.74) is 0.656. The van der Waals surface area contributed by atoms with E-state index in [1.54, 1.807) is 0 Å². The first-order chi connectivity index (χ1) is 9.08. The van der Waals surface area contributed by atoms with Crippen LogP contribution in [-0.2, 0) is 19.4 Å². The number of rotatable bonds is 2. The van der Waals surface area contributed by atoms with Gasteiger partial charge in [-0.3, -0.25) is 9.36 Å². The Balaban J connectivity index is 2.30. The predicted octanol–water partition coefficient (Wildman–Crippen LogP) is 3.26. The van der Waals surface area contributed by atoms with E-state index in [1.165, 1.54) is 16.2 Å². The summed E-state index contributed by atoms with van der Waals surface area (Å²) in [6.07, 6.45) is 1.39. The first kappa shape index (κ1) is 12.9. The number of alkyl halides is 2. The zero-order valence-electron chi connectivity index (χ0n) is 10.0. The Bertz CT molecular complexity index is 744. The summed E-state index contributed by atoms with van der Waals surface area (Å²) < 4.78 is 26.1. The highest BCUT2D eigenvalue weighted by atomic mass is 32.1. The van der Waals surface area contributed by atoms with Crippen LogP contribution in [0.15, 0.2) is 4.79 Å². The molecule has 0 aromatic carbocycles. The first-order valence-electron chi connectivity index (χ1n) is 6.13. The molecule has 0 unspecified atom stereocenters. The van der Waals surface area contributed by atoms with Gasteiger partial charge in [-0.1, -0.05) is 0 Å². The zero-order chi connectivity index (χ0) is 13.6. The number of aromatic amines is 1. The summed E-state index contributed by atoms with van der Waals surface area (Å²) in [5, 5.41) is 0.564.